The average Bonchev–Trinajstić information content (AvgIpc) is 1.79. The van der Waals surface area contributed by atoms with Crippen LogP contribution in [0.4, 0.5) is 13.2 Å². The van der Waals surface area contributed by atoms with Crippen LogP contribution in [-0.2, 0) is 13.6 Å². The summed E-state index contributed by atoms with van der Waals surface area (Å²) in [6.45, 7) is 3.44. The first kappa shape index (κ1) is 11.9. The van der Waals surface area contributed by atoms with Crippen molar-refractivity contribution in [3.63, 3.8) is 0 Å². The van der Waals surface area contributed by atoms with Crippen LogP contribution in [0.15, 0.2) is 0 Å². The van der Waals surface area contributed by atoms with Crippen molar-refractivity contribution in [2.24, 2.45) is 5.92 Å². The first-order valence-electron chi connectivity index (χ1n) is 3.24. The minimum atomic E-state index is -4.88. The summed E-state index contributed by atoms with van der Waals surface area (Å²) in [6.07, 6.45) is -4.88. The van der Waals surface area contributed by atoms with E-state index in [0.717, 1.165) is 0 Å². The molecule has 0 aliphatic rings. The minimum Gasteiger partial charge on any atom is -0.310 e. The van der Waals surface area contributed by atoms with Crippen molar-refractivity contribution in [3.05, 3.63) is 0 Å². The molecular formula is C5H10F3O3P. The van der Waals surface area contributed by atoms with E-state index in [1.165, 1.54) is 0 Å². The second-order valence-electron chi connectivity index (χ2n) is 2.50. The van der Waals surface area contributed by atoms with Crippen molar-refractivity contribution >= 4 is 8.25 Å². The lowest BCUT2D eigenvalue weighted by molar-refractivity contribution is -0.275. The highest BCUT2D eigenvalue weighted by Gasteiger charge is 2.32. The SMILES string of the molecule is CC(C)CO[PH](=O)OC(F)(F)F. The molecule has 0 saturated heterocycles. The van der Waals surface area contributed by atoms with Crippen molar-refractivity contribution in [1.29, 1.82) is 0 Å². The van der Waals surface area contributed by atoms with Crippen LogP contribution < -0.4 is 0 Å². The van der Waals surface area contributed by atoms with Crippen LogP contribution in [0.5, 0.6) is 0 Å². The zero-order chi connectivity index (χ0) is 9.78. The first-order chi connectivity index (χ1) is 5.31. The molecule has 0 amide bonds. The Morgan fingerprint density at radius 1 is 1.42 bits per heavy atom. The fraction of sp³-hybridized carbons (Fsp3) is 1.00. The molecule has 1 unspecified atom stereocenters. The van der Waals surface area contributed by atoms with E-state index in [9.17, 15) is 17.7 Å². The zero-order valence-electron chi connectivity index (χ0n) is 6.64. The van der Waals surface area contributed by atoms with Crippen molar-refractivity contribution in [1.82, 2.24) is 0 Å². The predicted octanol–water partition coefficient (Wildman–Crippen LogP) is 2.59. The Hall–Kier alpha value is -0.0600. The summed E-state index contributed by atoms with van der Waals surface area (Å²) in [4.78, 5) is 0. The Labute approximate surface area is 68.8 Å². The molecule has 0 aliphatic heterocycles. The van der Waals surface area contributed by atoms with E-state index in [1.54, 1.807) is 13.8 Å². The molecule has 0 aromatic carbocycles. The number of halogens is 3. The highest BCUT2D eigenvalue weighted by Crippen LogP contribution is 2.34. The maximum absolute atomic E-state index is 11.4. The molecular weight excluding hydrogens is 196 g/mol. The van der Waals surface area contributed by atoms with Gasteiger partial charge in [-0.15, -0.1) is 13.2 Å². The zero-order valence-corrected chi connectivity index (χ0v) is 7.64. The molecule has 0 saturated carbocycles. The van der Waals surface area contributed by atoms with Crippen molar-refractivity contribution in [3.8, 4) is 0 Å². The van der Waals surface area contributed by atoms with Crippen LogP contribution in [-0.4, -0.2) is 13.0 Å². The molecule has 0 bridgehead atoms. The monoisotopic (exact) mass is 206 g/mol. The van der Waals surface area contributed by atoms with Gasteiger partial charge in [-0.25, -0.2) is 4.52 Å². The summed E-state index contributed by atoms with van der Waals surface area (Å²) in [6, 6.07) is 0. The van der Waals surface area contributed by atoms with E-state index < -0.39 is 14.6 Å². The lowest BCUT2D eigenvalue weighted by Gasteiger charge is -2.08. The Balaban J connectivity index is 3.61. The van der Waals surface area contributed by atoms with Crippen molar-refractivity contribution in [2.45, 2.75) is 20.2 Å². The highest BCUT2D eigenvalue weighted by molar-refractivity contribution is 7.33. The van der Waals surface area contributed by atoms with Gasteiger partial charge >= 0.3 is 14.6 Å². The fourth-order valence-corrected chi connectivity index (χ4v) is 1.08. The topological polar surface area (TPSA) is 35.5 Å². The lowest BCUT2D eigenvalue weighted by atomic mass is 10.2. The van der Waals surface area contributed by atoms with Gasteiger partial charge in [-0.2, -0.15) is 0 Å². The van der Waals surface area contributed by atoms with Crippen molar-refractivity contribution in [2.75, 3.05) is 6.61 Å². The van der Waals surface area contributed by atoms with E-state index in [4.69, 9.17) is 0 Å². The molecule has 0 N–H and O–H groups in total. The van der Waals surface area contributed by atoms with Gasteiger partial charge in [-0.3, -0.25) is 4.57 Å². The minimum absolute atomic E-state index is 0.00608. The Morgan fingerprint density at radius 3 is 2.25 bits per heavy atom. The first-order valence-corrected chi connectivity index (χ1v) is 4.46. The third-order valence-electron chi connectivity index (χ3n) is 0.734. The molecule has 74 valence electrons. The second kappa shape index (κ2) is 4.84. The van der Waals surface area contributed by atoms with Gasteiger partial charge in [-0.1, -0.05) is 13.8 Å². The Kier molecular flexibility index (Phi) is 4.82. The lowest BCUT2D eigenvalue weighted by Crippen LogP contribution is -2.09. The Morgan fingerprint density at radius 2 is 1.92 bits per heavy atom. The number of hydrogen-bond acceptors (Lipinski definition) is 3. The van der Waals surface area contributed by atoms with E-state index in [1.807, 2.05) is 0 Å². The molecule has 0 rings (SSSR count). The molecule has 1 atom stereocenters. The van der Waals surface area contributed by atoms with E-state index in [2.05, 4.69) is 9.05 Å². The molecule has 3 nitrogen and oxygen atoms in total. The van der Waals surface area contributed by atoms with E-state index in [-0.39, 0.29) is 12.5 Å². The molecule has 12 heavy (non-hydrogen) atoms. The normalized spacial score (nSPS) is 15.2. The van der Waals surface area contributed by atoms with Crippen LogP contribution in [0.3, 0.4) is 0 Å². The molecule has 0 fully saturated rings. The average molecular weight is 206 g/mol. The van der Waals surface area contributed by atoms with Gasteiger partial charge < -0.3 is 4.52 Å². The maximum atomic E-state index is 11.4. The summed E-state index contributed by atoms with van der Waals surface area (Å²) in [5, 5.41) is 0. The molecule has 0 spiro atoms. The summed E-state index contributed by atoms with van der Waals surface area (Å²) in [5.41, 5.74) is 0. The fourth-order valence-electron chi connectivity index (χ4n) is 0.359. The van der Waals surface area contributed by atoms with Gasteiger partial charge in [-0.05, 0) is 5.92 Å². The van der Waals surface area contributed by atoms with Crippen LogP contribution in [0.25, 0.3) is 0 Å². The number of hydrogen-bond donors (Lipinski definition) is 0. The summed E-state index contributed by atoms with van der Waals surface area (Å²) < 4.78 is 51.8. The number of alkyl halides is 3. The van der Waals surface area contributed by atoms with Gasteiger partial charge in [0, 0.05) is 0 Å². The van der Waals surface area contributed by atoms with Crippen LogP contribution in [0, 0.1) is 5.92 Å². The quantitative estimate of drug-likeness (QED) is 0.663. The van der Waals surface area contributed by atoms with Gasteiger partial charge in [0.25, 0.3) is 0 Å². The summed E-state index contributed by atoms with van der Waals surface area (Å²) in [7, 11) is -3.42. The summed E-state index contributed by atoms with van der Waals surface area (Å²) >= 11 is 0. The van der Waals surface area contributed by atoms with E-state index >= 15 is 0 Å². The van der Waals surface area contributed by atoms with Crippen LogP contribution in [0.2, 0.25) is 0 Å². The Bertz CT molecular complexity index is 157. The standard InChI is InChI=1S/C5H10F3O3P/c1-4(2)3-10-12(9)11-5(6,7)8/h4,12H,3H2,1-2H3. The molecule has 7 heteroatoms. The maximum Gasteiger partial charge on any atom is 0.529 e. The van der Waals surface area contributed by atoms with Gasteiger partial charge in [0.2, 0.25) is 0 Å². The molecule has 0 aromatic rings. The predicted molar refractivity (Wildman–Crippen MR) is 36.9 cm³/mol. The molecule has 0 radical (unpaired) electrons. The van der Waals surface area contributed by atoms with Crippen LogP contribution >= 0.6 is 8.25 Å². The van der Waals surface area contributed by atoms with Gasteiger partial charge in [0.15, 0.2) is 0 Å². The highest BCUT2D eigenvalue weighted by atomic mass is 31.1. The van der Waals surface area contributed by atoms with Crippen LogP contribution in [0.1, 0.15) is 13.8 Å². The van der Waals surface area contributed by atoms with Gasteiger partial charge in [0.1, 0.15) is 0 Å². The third kappa shape index (κ3) is 8.04. The van der Waals surface area contributed by atoms with Gasteiger partial charge in [0.05, 0.1) is 6.61 Å². The summed E-state index contributed by atoms with van der Waals surface area (Å²) in [5.74, 6) is 0.0239. The third-order valence-corrected chi connectivity index (χ3v) is 1.53. The molecule has 0 aromatic heterocycles. The molecule has 0 heterocycles. The van der Waals surface area contributed by atoms with Crippen molar-refractivity contribution < 1.29 is 26.8 Å². The molecule has 0 aliphatic carbocycles. The van der Waals surface area contributed by atoms with E-state index in [0.29, 0.717) is 0 Å². The largest absolute Gasteiger partial charge is 0.529 e. The smallest absolute Gasteiger partial charge is 0.310 e. The second-order valence-corrected chi connectivity index (χ2v) is 3.50. The number of rotatable bonds is 4.